The molecule has 0 aromatic heterocycles. The number of rotatable bonds is 6. The van der Waals surface area contributed by atoms with Gasteiger partial charge >= 0.3 is 0 Å². The SMILES string of the molecule is C(=C(/c1ccccc1)[C@H]1[C@@H](c2ccccc2)N1Cc1ccccc1)/c1ccccc1. The van der Waals surface area contributed by atoms with Gasteiger partial charge in [0.25, 0.3) is 0 Å². The minimum absolute atomic E-state index is 0.357. The molecule has 30 heavy (non-hydrogen) atoms. The van der Waals surface area contributed by atoms with E-state index in [2.05, 4.69) is 132 Å². The van der Waals surface area contributed by atoms with Gasteiger partial charge < -0.3 is 0 Å². The molecule has 3 atom stereocenters. The molecule has 0 amide bonds. The van der Waals surface area contributed by atoms with Gasteiger partial charge in [-0.05, 0) is 33.9 Å². The van der Waals surface area contributed by atoms with E-state index in [1.807, 2.05) is 0 Å². The Morgan fingerprint density at radius 3 is 1.80 bits per heavy atom. The molecule has 5 rings (SSSR count). The van der Waals surface area contributed by atoms with Crippen LogP contribution in [-0.4, -0.2) is 10.9 Å². The van der Waals surface area contributed by atoms with Crippen molar-refractivity contribution in [1.29, 1.82) is 0 Å². The highest BCUT2D eigenvalue weighted by molar-refractivity contribution is 5.86. The maximum Gasteiger partial charge on any atom is 0.0562 e. The van der Waals surface area contributed by atoms with Gasteiger partial charge in [-0.3, -0.25) is 4.90 Å². The lowest BCUT2D eigenvalue weighted by atomic mass is 9.96. The fourth-order valence-electron chi connectivity index (χ4n) is 4.34. The van der Waals surface area contributed by atoms with E-state index in [-0.39, 0.29) is 0 Å². The van der Waals surface area contributed by atoms with Crippen molar-refractivity contribution in [2.45, 2.75) is 18.6 Å². The lowest BCUT2D eigenvalue weighted by molar-refractivity contribution is 0.495. The molecule has 1 nitrogen and oxygen atoms in total. The lowest BCUT2D eigenvalue weighted by Gasteiger charge is -2.09. The third-order valence-corrected chi connectivity index (χ3v) is 5.82. The third-order valence-electron chi connectivity index (χ3n) is 5.82. The van der Waals surface area contributed by atoms with Gasteiger partial charge in [0.1, 0.15) is 0 Å². The second-order valence-corrected chi connectivity index (χ2v) is 7.83. The molecular formula is C29H25N. The van der Waals surface area contributed by atoms with Crippen LogP contribution in [-0.2, 0) is 6.54 Å². The lowest BCUT2D eigenvalue weighted by Crippen LogP contribution is -2.04. The molecule has 4 aromatic rings. The molecule has 0 aliphatic carbocycles. The van der Waals surface area contributed by atoms with E-state index >= 15 is 0 Å². The summed E-state index contributed by atoms with van der Waals surface area (Å²) < 4.78 is 0. The van der Waals surface area contributed by atoms with Crippen LogP contribution < -0.4 is 0 Å². The predicted molar refractivity (Wildman–Crippen MR) is 126 cm³/mol. The molecule has 1 fully saturated rings. The quantitative estimate of drug-likeness (QED) is 0.258. The molecule has 1 unspecified atom stereocenters. The first kappa shape index (κ1) is 18.6. The summed E-state index contributed by atoms with van der Waals surface area (Å²) in [7, 11) is 0. The van der Waals surface area contributed by atoms with Gasteiger partial charge in [0, 0.05) is 6.54 Å². The summed E-state index contributed by atoms with van der Waals surface area (Å²) >= 11 is 0. The van der Waals surface area contributed by atoms with Crippen LogP contribution in [0.1, 0.15) is 28.3 Å². The van der Waals surface area contributed by atoms with Crippen LogP contribution in [0.15, 0.2) is 121 Å². The maximum absolute atomic E-state index is 2.60. The van der Waals surface area contributed by atoms with Gasteiger partial charge in [-0.1, -0.05) is 121 Å². The Kier molecular flexibility index (Phi) is 5.28. The molecule has 0 radical (unpaired) electrons. The molecular weight excluding hydrogens is 362 g/mol. The summed E-state index contributed by atoms with van der Waals surface area (Å²) in [6.45, 7) is 0.948. The van der Waals surface area contributed by atoms with E-state index in [0.29, 0.717) is 12.1 Å². The average molecular weight is 388 g/mol. The highest BCUT2D eigenvalue weighted by atomic mass is 15.4. The van der Waals surface area contributed by atoms with E-state index < -0.39 is 0 Å². The topological polar surface area (TPSA) is 3.01 Å². The van der Waals surface area contributed by atoms with Crippen molar-refractivity contribution in [1.82, 2.24) is 4.90 Å². The summed E-state index contributed by atoms with van der Waals surface area (Å²) in [5, 5.41) is 0. The molecule has 1 heteroatoms. The van der Waals surface area contributed by atoms with E-state index in [4.69, 9.17) is 0 Å². The normalized spacial score (nSPS) is 20.7. The second-order valence-electron chi connectivity index (χ2n) is 7.83. The largest absolute Gasteiger partial charge is 0.281 e. The average Bonchev–Trinajstić information content (AvgIpc) is 3.53. The molecule has 0 spiro atoms. The molecule has 0 bridgehead atoms. The second kappa shape index (κ2) is 8.52. The summed E-state index contributed by atoms with van der Waals surface area (Å²) in [5.41, 5.74) is 6.66. The van der Waals surface area contributed by atoms with E-state index in [0.717, 1.165) is 6.54 Å². The van der Waals surface area contributed by atoms with Crippen LogP contribution in [0, 0.1) is 0 Å². The van der Waals surface area contributed by atoms with Crippen LogP contribution in [0.5, 0.6) is 0 Å². The molecule has 1 saturated heterocycles. The molecule has 1 heterocycles. The molecule has 0 saturated carbocycles. The van der Waals surface area contributed by atoms with Crippen LogP contribution in [0.3, 0.4) is 0 Å². The number of nitrogens with zero attached hydrogens (tertiary/aromatic N) is 1. The Bertz CT molecular complexity index is 1100. The molecule has 4 aromatic carbocycles. The van der Waals surface area contributed by atoms with Gasteiger partial charge in [0.05, 0.1) is 12.1 Å². The van der Waals surface area contributed by atoms with Gasteiger partial charge in [0.15, 0.2) is 0 Å². The number of hydrogen-bond acceptors (Lipinski definition) is 1. The summed E-state index contributed by atoms with van der Waals surface area (Å²) in [4.78, 5) is 2.60. The summed E-state index contributed by atoms with van der Waals surface area (Å²) in [6.07, 6.45) is 2.36. The van der Waals surface area contributed by atoms with Gasteiger partial charge in [-0.25, -0.2) is 0 Å². The molecule has 146 valence electrons. The Hall–Kier alpha value is -3.42. The zero-order chi connectivity index (χ0) is 20.2. The Labute approximate surface area is 178 Å². The highest BCUT2D eigenvalue weighted by Gasteiger charge is 2.50. The monoisotopic (exact) mass is 387 g/mol. The fraction of sp³-hybridized carbons (Fsp3) is 0.103. The van der Waals surface area contributed by atoms with E-state index in [9.17, 15) is 0 Å². The van der Waals surface area contributed by atoms with Crippen LogP contribution >= 0.6 is 0 Å². The van der Waals surface area contributed by atoms with Crippen LogP contribution in [0.25, 0.3) is 11.6 Å². The molecule has 1 aliphatic heterocycles. The van der Waals surface area contributed by atoms with Crippen molar-refractivity contribution < 1.29 is 0 Å². The fourth-order valence-corrected chi connectivity index (χ4v) is 4.34. The first-order chi connectivity index (χ1) is 14.9. The first-order valence-electron chi connectivity index (χ1n) is 10.6. The third kappa shape index (κ3) is 3.98. The zero-order valence-corrected chi connectivity index (χ0v) is 16.9. The van der Waals surface area contributed by atoms with Crippen LogP contribution in [0.4, 0.5) is 0 Å². The highest BCUT2D eigenvalue weighted by Crippen LogP contribution is 2.51. The van der Waals surface area contributed by atoms with Gasteiger partial charge in [-0.15, -0.1) is 0 Å². The summed E-state index contributed by atoms with van der Waals surface area (Å²) in [6, 6.07) is 43.9. The van der Waals surface area contributed by atoms with E-state index in [1.54, 1.807) is 0 Å². The van der Waals surface area contributed by atoms with Crippen molar-refractivity contribution in [2.24, 2.45) is 0 Å². The van der Waals surface area contributed by atoms with Crippen molar-refractivity contribution in [3.63, 3.8) is 0 Å². The molecule has 1 aliphatic rings. The Balaban J connectivity index is 1.56. The van der Waals surface area contributed by atoms with Crippen molar-refractivity contribution in [3.05, 3.63) is 144 Å². The van der Waals surface area contributed by atoms with Crippen molar-refractivity contribution >= 4 is 11.6 Å². The minimum atomic E-state index is 0.357. The molecule has 0 N–H and O–H groups in total. The Morgan fingerprint density at radius 1 is 0.633 bits per heavy atom. The minimum Gasteiger partial charge on any atom is -0.281 e. The van der Waals surface area contributed by atoms with Gasteiger partial charge in [0.2, 0.25) is 0 Å². The van der Waals surface area contributed by atoms with Gasteiger partial charge in [-0.2, -0.15) is 0 Å². The van der Waals surface area contributed by atoms with Crippen molar-refractivity contribution in [3.8, 4) is 0 Å². The first-order valence-corrected chi connectivity index (χ1v) is 10.6. The van der Waals surface area contributed by atoms with Crippen molar-refractivity contribution in [2.75, 3.05) is 0 Å². The zero-order valence-electron chi connectivity index (χ0n) is 16.9. The van der Waals surface area contributed by atoms with E-state index in [1.165, 1.54) is 27.8 Å². The predicted octanol–water partition coefficient (Wildman–Crippen LogP) is 6.85. The smallest absolute Gasteiger partial charge is 0.0562 e. The van der Waals surface area contributed by atoms with Crippen LogP contribution in [0.2, 0.25) is 0 Å². The standard InChI is InChI=1S/C29H25N/c1-5-13-23(14-6-1)21-27(25-17-9-3-10-18-25)29-28(26-19-11-4-12-20-26)30(29)22-24-15-7-2-8-16-24/h1-21,28-29H,22H2/b27-21+/t28-,29+,30?/m1/s1. The Morgan fingerprint density at radius 2 is 1.17 bits per heavy atom. The summed E-state index contributed by atoms with van der Waals surface area (Å²) in [5.74, 6) is 0. The number of benzene rings is 4. The number of hydrogen-bond donors (Lipinski definition) is 0. The maximum atomic E-state index is 2.60.